The Kier molecular flexibility index (Phi) is 5.76. The van der Waals surface area contributed by atoms with E-state index in [1.165, 1.54) is 36.8 Å². The van der Waals surface area contributed by atoms with E-state index in [1.54, 1.807) is 14.2 Å². The number of rotatable bonds is 6. The fraction of sp³-hybridized carbons (Fsp3) is 0.429. The summed E-state index contributed by atoms with van der Waals surface area (Å²) in [5.41, 5.74) is 2.70. The van der Waals surface area contributed by atoms with Crippen molar-refractivity contribution in [2.24, 2.45) is 0 Å². The summed E-state index contributed by atoms with van der Waals surface area (Å²) < 4.78 is 10.7. The molecule has 0 radical (unpaired) electrons. The monoisotopic (exact) mass is 325 g/mol. The normalized spacial score (nSPS) is 20.6. The van der Waals surface area contributed by atoms with Crippen LogP contribution < -0.4 is 14.8 Å². The first-order valence-electron chi connectivity index (χ1n) is 8.78. The lowest BCUT2D eigenvalue weighted by molar-refractivity contribution is 0.341. The minimum Gasteiger partial charge on any atom is -0.497 e. The summed E-state index contributed by atoms with van der Waals surface area (Å²) in [6.45, 7) is 0.855. The fourth-order valence-corrected chi connectivity index (χ4v) is 3.59. The average Bonchev–Trinajstić information content (AvgIpc) is 2.67. The average molecular weight is 325 g/mol. The SMILES string of the molecule is COc1cc(CNC2CCC(c3ccccc3)CC2)cc(OC)c1. The van der Waals surface area contributed by atoms with Gasteiger partial charge in [0.25, 0.3) is 0 Å². The highest BCUT2D eigenvalue weighted by Gasteiger charge is 2.21. The van der Waals surface area contributed by atoms with Gasteiger partial charge in [0.1, 0.15) is 11.5 Å². The molecule has 3 nitrogen and oxygen atoms in total. The summed E-state index contributed by atoms with van der Waals surface area (Å²) in [6, 6.07) is 17.6. The van der Waals surface area contributed by atoms with Crippen LogP contribution >= 0.6 is 0 Å². The number of nitrogens with one attached hydrogen (secondary N) is 1. The van der Waals surface area contributed by atoms with E-state index < -0.39 is 0 Å². The van der Waals surface area contributed by atoms with Crippen molar-refractivity contribution < 1.29 is 9.47 Å². The van der Waals surface area contributed by atoms with Gasteiger partial charge in [-0.05, 0) is 54.9 Å². The molecule has 0 atom stereocenters. The Labute approximate surface area is 145 Å². The summed E-state index contributed by atoms with van der Waals surface area (Å²) in [4.78, 5) is 0. The molecule has 0 aromatic heterocycles. The van der Waals surface area contributed by atoms with E-state index in [-0.39, 0.29) is 0 Å². The molecule has 3 rings (SSSR count). The van der Waals surface area contributed by atoms with E-state index in [0.29, 0.717) is 6.04 Å². The summed E-state index contributed by atoms with van der Waals surface area (Å²) in [5.74, 6) is 2.42. The predicted molar refractivity (Wildman–Crippen MR) is 97.8 cm³/mol. The predicted octanol–water partition coefficient (Wildman–Crippen LogP) is 4.52. The Morgan fingerprint density at radius 3 is 2.08 bits per heavy atom. The molecule has 1 aliphatic carbocycles. The molecule has 24 heavy (non-hydrogen) atoms. The minimum atomic E-state index is 0.599. The zero-order chi connectivity index (χ0) is 16.8. The highest BCUT2D eigenvalue weighted by Crippen LogP contribution is 2.33. The van der Waals surface area contributed by atoms with Gasteiger partial charge in [-0.3, -0.25) is 0 Å². The van der Waals surface area contributed by atoms with Crippen LogP contribution in [0.1, 0.15) is 42.7 Å². The lowest BCUT2D eigenvalue weighted by atomic mass is 9.82. The van der Waals surface area contributed by atoms with Crippen LogP contribution in [0, 0.1) is 0 Å². The van der Waals surface area contributed by atoms with Gasteiger partial charge in [0, 0.05) is 18.7 Å². The minimum absolute atomic E-state index is 0.599. The van der Waals surface area contributed by atoms with Crippen LogP contribution in [-0.4, -0.2) is 20.3 Å². The van der Waals surface area contributed by atoms with E-state index >= 15 is 0 Å². The molecule has 0 aliphatic heterocycles. The summed E-state index contributed by atoms with van der Waals surface area (Å²) in [6.07, 6.45) is 5.01. The number of hydrogen-bond donors (Lipinski definition) is 1. The van der Waals surface area contributed by atoms with Crippen molar-refractivity contribution in [3.8, 4) is 11.5 Å². The van der Waals surface area contributed by atoms with E-state index in [9.17, 15) is 0 Å². The molecule has 2 aromatic carbocycles. The van der Waals surface area contributed by atoms with Crippen molar-refractivity contribution in [2.45, 2.75) is 44.2 Å². The molecule has 0 amide bonds. The smallest absolute Gasteiger partial charge is 0.122 e. The maximum atomic E-state index is 5.34. The molecule has 1 aliphatic rings. The van der Waals surface area contributed by atoms with E-state index in [1.807, 2.05) is 6.07 Å². The van der Waals surface area contributed by atoms with Gasteiger partial charge >= 0.3 is 0 Å². The van der Waals surface area contributed by atoms with Gasteiger partial charge in [-0.15, -0.1) is 0 Å². The maximum absolute atomic E-state index is 5.34. The highest BCUT2D eigenvalue weighted by molar-refractivity contribution is 5.38. The molecule has 0 unspecified atom stereocenters. The van der Waals surface area contributed by atoms with Gasteiger partial charge in [0.2, 0.25) is 0 Å². The molecule has 2 aromatic rings. The molecule has 0 spiro atoms. The third-order valence-corrected chi connectivity index (χ3v) is 5.00. The lowest BCUT2D eigenvalue weighted by Crippen LogP contribution is -2.32. The van der Waals surface area contributed by atoms with Gasteiger partial charge in [-0.1, -0.05) is 30.3 Å². The fourth-order valence-electron chi connectivity index (χ4n) is 3.59. The molecule has 1 saturated carbocycles. The standard InChI is InChI=1S/C21H27NO2/c1-23-20-12-16(13-21(14-20)24-2)15-22-19-10-8-18(9-11-19)17-6-4-3-5-7-17/h3-7,12-14,18-19,22H,8-11,15H2,1-2H3. The second kappa shape index (κ2) is 8.20. The van der Waals surface area contributed by atoms with Crippen molar-refractivity contribution in [3.63, 3.8) is 0 Å². The number of methoxy groups -OCH3 is 2. The van der Waals surface area contributed by atoms with Crippen LogP contribution in [0.15, 0.2) is 48.5 Å². The van der Waals surface area contributed by atoms with Crippen LogP contribution in [0.3, 0.4) is 0 Å². The molecule has 0 bridgehead atoms. The highest BCUT2D eigenvalue weighted by atomic mass is 16.5. The van der Waals surface area contributed by atoms with Crippen molar-refractivity contribution in [1.29, 1.82) is 0 Å². The first-order chi connectivity index (χ1) is 11.8. The Morgan fingerprint density at radius 1 is 0.875 bits per heavy atom. The van der Waals surface area contributed by atoms with Gasteiger partial charge < -0.3 is 14.8 Å². The number of benzene rings is 2. The summed E-state index contributed by atoms with van der Waals surface area (Å²) >= 11 is 0. The number of ether oxygens (including phenoxy) is 2. The van der Waals surface area contributed by atoms with Crippen LogP contribution in [-0.2, 0) is 6.54 Å². The number of hydrogen-bond acceptors (Lipinski definition) is 3. The third kappa shape index (κ3) is 4.30. The van der Waals surface area contributed by atoms with E-state index in [2.05, 4.69) is 47.8 Å². The van der Waals surface area contributed by atoms with Crippen molar-refractivity contribution >= 4 is 0 Å². The van der Waals surface area contributed by atoms with E-state index in [4.69, 9.17) is 9.47 Å². The first-order valence-corrected chi connectivity index (χ1v) is 8.78. The molecular formula is C21H27NO2. The molecule has 1 N–H and O–H groups in total. The van der Waals surface area contributed by atoms with E-state index in [0.717, 1.165) is 24.0 Å². The van der Waals surface area contributed by atoms with Crippen LogP contribution in [0.2, 0.25) is 0 Å². The van der Waals surface area contributed by atoms with Gasteiger partial charge in [0.15, 0.2) is 0 Å². The molecule has 1 fully saturated rings. The van der Waals surface area contributed by atoms with Gasteiger partial charge in [-0.2, -0.15) is 0 Å². The van der Waals surface area contributed by atoms with Crippen molar-refractivity contribution in [2.75, 3.05) is 14.2 Å². The van der Waals surface area contributed by atoms with Crippen molar-refractivity contribution in [1.82, 2.24) is 5.32 Å². The first kappa shape index (κ1) is 16.8. The van der Waals surface area contributed by atoms with Gasteiger partial charge in [0.05, 0.1) is 14.2 Å². The zero-order valence-corrected chi connectivity index (χ0v) is 14.6. The molecule has 3 heteroatoms. The molecule has 0 saturated heterocycles. The second-order valence-electron chi connectivity index (χ2n) is 6.56. The van der Waals surface area contributed by atoms with Gasteiger partial charge in [-0.25, -0.2) is 0 Å². The Balaban J connectivity index is 1.52. The summed E-state index contributed by atoms with van der Waals surface area (Å²) in [7, 11) is 3.38. The second-order valence-corrected chi connectivity index (χ2v) is 6.56. The maximum Gasteiger partial charge on any atom is 0.122 e. The van der Waals surface area contributed by atoms with Crippen LogP contribution in [0.25, 0.3) is 0 Å². The summed E-state index contributed by atoms with van der Waals surface area (Å²) in [5, 5.41) is 3.70. The van der Waals surface area contributed by atoms with Crippen LogP contribution in [0.5, 0.6) is 11.5 Å². The Bertz CT molecular complexity index is 611. The topological polar surface area (TPSA) is 30.5 Å². The quantitative estimate of drug-likeness (QED) is 0.847. The Morgan fingerprint density at radius 2 is 1.50 bits per heavy atom. The molecular weight excluding hydrogens is 298 g/mol. The van der Waals surface area contributed by atoms with Crippen LogP contribution in [0.4, 0.5) is 0 Å². The zero-order valence-electron chi connectivity index (χ0n) is 14.6. The van der Waals surface area contributed by atoms with Crippen molar-refractivity contribution in [3.05, 3.63) is 59.7 Å². The third-order valence-electron chi connectivity index (χ3n) is 5.00. The Hall–Kier alpha value is -2.00. The molecule has 128 valence electrons. The molecule has 0 heterocycles. The largest absolute Gasteiger partial charge is 0.497 e. The lowest BCUT2D eigenvalue weighted by Gasteiger charge is -2.29.